The molecule has 0 amide bonds. The summed E-state index contributed by atoms with van der Waals surface area (Å²) in [6, 6.07) is 0.395. The van der Waals surface area contributed by atoms with Crippen molar-refractivity contribution in [3.05, 3.63) is 17.3 Å². The number of fused-ring (bicyclic) bond motifs is 1. The number of morpholine rings is 1. The van der Waals surface area contributed by atoms with E-state index in [0.29, 0.717) is 12.6 Å². The molecule has 3 heterocycles. The van der Waals surface area contributed by atoms with Crippen molar-refractivity contribution in [3.63, 3.8) is 0 Å². The minimum absolute atomic E-state index is 0.244. The maximum atomic E-state index is 5.93. The van der Waals surface area contributed by atoms with E-state index in [9.17, 15) is 0 Å². The number of nitrogens with zero attached hydrogens (tertiary/aromatic N) is 3. The summed E-state index contributed by atoms with van der Waals surface area (Å²) in [4.78, 5) is 8.16. The number of ether oxygens (including phenoxy) is 1. The average Bonchev–Trinajstić information content (AvgIpc) is 2.98. The summed E-state index contributed by atoms with van der Waals surface area (Å²) in [5.74, 6) is 1.04. The predicted octanol–water partition coefficient (Wildman–Crippen LogP) is 1.86. The van der Waals surface area contributed by atoms with Crippen LogP contribution in [0.25, 0.3) is 4.96 Å². The Kier molecular flexibility index (Phi) is 3.47. The first-order valence-electron chi connectivity index (χ1n) is 6.77. The van der Waals surface area contributed by atoms with E-state index in [1.54, 1.807) is 11.3 Å². The van der Waals surface area contributed by atoms with Crippen LogP contribution in [0.4, 0.5) is 5.82 Å². The van der Waals surface area contributed by atoms with Crippen LogP contribution in [-0.4, -0.2) is 34.7 Å². The van der Waals surface area contributed by atoms with Crippen molar-refractivity contribution in [1.82, 2.24) is 9.38 Å². The van der Waals surface area contributed by atoms with Gasteiger partial charge in [0.2, 0.25) is 0 Å². The number of thiazole rings is 1. The number of nitrogens with two attached hydrogens (primary N) is 1. The summed E-state index contributed by atoms with van der Waals surface area (Å²) >= 11 is 1.65. The normalized spacial score (nSPS) is 24.3. The van der Waals surface area contributed by atoms with Gasteiger partial charge in [-0.3, -0.25) is 4.40 Å². The number of hydrogen-bond donors (Lipinski definition) is 1. The minimum Gasteiger partial charge on any atom is -0.375 e. The molecule has 0 bridgehead atoms. The molecule has 104 valence electrons. The molecule has 1 aliphatic rings. The molecule has 2 atom stereocenters. The Labute approximate surface area is 117 Å². The number of hydrogen-bond acceptors (Lipinski definition) is 5. The van der Waals surface area contributed by atoms with Crippen LogP contribution < -0.4 is 10.6 Å². The van der Waals surface area contributed by atoms with Gasteiger partial charge in [0.1, 0.15) is 0 Å². The van der Waals surface area contributed by atoms with E-state index in [1.807, 2.05) is 11.6 Å². The van der Waals surface area contributed by atoms with Gasteiger partial charge in [0.05, 0.1) is 24.4 Å². The molecular formula is C13H20N4OS. The van der Waals surface area contributed by atoms with Crippen molar-refractivity contribution in [2.75, 3.05) is 18.1 Å². The number of imidazole rings is 1. The Morgan fingerprint density at radius 1 is 1.58 bits per heavy atom. The van der Waals surface area contributed by atoms with Gasteiger partial charge in [-0.15, -0.1) is 11.3 Å². The van der Waals surface area contributed by atoms with Gasteiger partial charge in [-0.25, -0.2) is 4.98 Å². The van der Waals surface area contributed by atoms with Gasteiger partial charge in [0.25, 0.3) is 0 Å². The fourth-order valence-electron chi connectivity index (χ4n) is 2.68. The fourth-order valence-corrected chi connectivity index (χ4v) is 3.41. The standard InChI is InChI=1S/C13H20N4OS/c1-3-10-8-18-9(2)7-17(10)12-11(6-14)16-4-5-19-13(16)15-12/h4-5,9-10H,3,6-8,14H2,1-2H3. The summed E-state index contributed by atoms with van der Waals surface area (Å²) in [6.45, 7) is 6.47. The van der Waals surface area contributed by atoms with E-state index >= 15 is 0 Å². The Bertz CT molecular complexity index is 564. The largest absolute Gasteiger partial charge is 0.375 e. The van der Waals surface area contributed by atoms with Gasteiger partial charge in [0.15, 0.2) is 10.8 Å². The highest BCUT2D eigenvalue weighted by Crippen LogP contribution is 2.28. The molecule has 2 N–H and O–H groups in total. The molecule has 3 rings (SSSR count). The molecule has 6 heteroatoms. The molecule has 0 aliphatic carbocycles. The van der Waals surface area contributed by atoms with Crippen molar-refractivity contribution in [2.45, 2.75) is 39.0 Å². The van der Waals surface area contributed by atoms with E-state index in [0.717, 1.165) is 36.0 Å². The van der Waals surface area contributed by atoms with E-state index < -0.39 is 0 Å². The van der Waals surface area contributed by atoms with Crippen LogP contribution in [0.2, 0.25) is 0 Å². The third-order valence-electron chi connectivity index (χ3n) is 3.74. The Morgan fingerprint density at radius 3 is 3.16 bits per heavy atom. The molecule has 1 aliphatic heterocycles. The zero-order chi connectivity index (χ0) is 13.4. The van der Waals surface area contributed by atoms with Gasteiger partial charge in [0, 0.05) is 24.7 Å². The molecule has 0 saturated carbocycles. The van der Waals surface area contributed by atoms with Crippen LogP contribution in [-0.2, 0) is 11.3 Å². The molecule has 0 aromatic carbocycles. The van der Waals surface area contributed by atoms with E-state index in [-0.39, 0.29) is 6.10 Å². The van der Waals surface area contributed by atoms with Crippen molar-refractivity contribution in [2.24, 2.45) is 5.73 Å². The van der Waals surface area contributed by atoms with Gasteiger partial charge in [-0.05, 0) is 13.3 Å². The monoisotopic (exact) mass is 280 g/mol. The third kappa shape index (κ3) is 2.13. The van der Waals surface area contributed by atoms with Crippen molar-refractivity contribution in [3.8, 4) is 0 Å². The molecule has 5 nitrogen and oxygen atoms in total. The Hall–Kier alpha value is -1.11. The average molecular weight is 280 g/mol. The summed E-state index contributed by atoms with van der Waals surface area (Å²) in [6.07, 6.45) is 3.35. The molecular weight excluding hydrogens is 260 g/mol. The first kappa shape index (κ1) is 12.9. The molecule has 0 spiro atoms. The topological polar surface area (TPSA) is 55.8 Å². The second-order valence-electron chi connectivity index (χ2n) is 5.00. The highest BCUT2D eigenvalue weighted by molar-refractivity contribution is 7.15. The van der Waals surface area contributed by atoms with Gasteiger partial charge < -0.3 is 15.4 Å². The fraction of sp³-hybridized carbons (Fsp3) is 0.615. The molecule has 1 saturated heterocycles. The Morgan fingerprint density at radius 2 is 2.42 bits per heavy atom. The Balaban J connectivity index is 2.03. The van der Waals surface area contributed by atoms with Crippen LogP contribution in [0.1, 0.15) is 26.0 Å². The third-order valence-corrected chi connectivity index (χ3v) is 4.50. The van der Waals surface area contributed by atoms with Gasteiger partial charge >= 0.3 is 0 Å². The summed E-state index contributed by atoms with van der Waals surface area (Å²) in [7, 11) is 0. The van der Waals surface area contributed by atoms with Crippen molar-refractivity contribution < 1.29 is 4.74 Å². The summed E-state index contributed by atoms with van der Waals surface area (Å²) < 4.78 is 7.86. The summed E-state index contributed by atoms with van der Waals surface area (Å²) in [5.41, 5.74) is 7.04. The zero-order valence-corrected chi connectivity index (χ0v) is 12.2. The molecule has 2 aromatic rings. The quantitative estimate of drug-likeness (QED) is 0.932. The van der Waals surface area contributed by atoms with Crippen LogP contribution >= 0.6 is 11.3 Å². The van der Waals surface area contributed by atoms with Crippen LogP contribution in [0.15, 0.2) is 11.6 Å². The molecule has 2 unspecified atom stereocenters. The molecule has 2 aromatic heterocycles. The van der Waals surface area contributed by atoms with E-state index in [4.69, 9.17) is 15.5 Å². The lowest BCUT2D eigenvalue weighted by Gasteiger charge is -2.39. The molecule has 1 fully saturated rings. The summed E-state index contributed by atoms with van der Waals surface area (Å²) in [5, 5.41) is 2.05. The number of aromatic nitrogens is 2. The molecule has 0 radical (unpaired) electrons. The van der Waals surface area contributed by atoms with Gasteiger partial charge in [-0.1, -0.05) is 6.92 Å². The smallest absolute Gasteiger partial charge is 0.195 e. The number of anilines is 1. The number of rotatable bonds is 3. The zero-order valence-electron chi connectivity index (χ0n) is 11.4. The second-order valence-corrected chi connectivity index (χ2v) is 5.87. The highest BCUT2D eigenvalue weighted by Gasteiger charge is 2.29. The minimum atomic E-state index is 0.244. The predicted molar refractivity (Wildman–Crippen MR) is 77.8 cm³/mol. The lowest BCUT2D eigenvalue weighted by molar-refractivity contribution is 0.0296. The first-order chi connectivity index (χ1) is 9.24. The molecule has 19 heavy (non-hydrogen) atoms. The maximum absolute atomic E-state index is 5.93. The SMILES string of the molecule is CCC1COC(C)CN1c1nc2sccn2c1CN. The van der Waals surface area contributed by atoms with Crippen molar-refractivity contribution >= 4 is 22.1 Å². The highest BCUT2D eigenvalue weighted by atomic mass is 32.1. The lowest BCUT2D eigenvalue weighted by Crippen LogP contribution is -2.49. The second kappa shape index (κ2) is 5.11. The lowest BCUT2D eigenvalue weighted by atomic mass is 10.1. The van der Waals surface area contributed by atoms with Gasteiger partial charge in [-0.2, -0.15) is 0 Å². The van der Waals surface area contributed by atoms with Crippen LogP contribution in [0.3, 0.4) is 0 Å². The van der Waals surface area contributed by atoms with Crippen molar-refractivity contribution in [1.29, 1.82) is 0 Å². The van der Waals surface area contributed by atoms with Crippen LogP contribution in [0, 0.1) is 0 Å². The first-order valence-corrected chi connectivity index (χ1v) is 7.65. The maximum Gasteiger partial charge on any atom is 0.195 e. The van der Waals surface area contributed by atoms with E-state index in [1.165, 1.54) is 0 Å². The van der Waals surface area contributed by atoms with Crippen LogP contribution in [0.5, 0.6) is 0 Å². The van der Waals surface area contributed by atoms with E-state index in [2.05, 4.69) is 23.1 Å².